The average Bonchev–Trinajstić information content (AvgIpc) is 2.82. The lowest BCUT2D eigenvalue weighted by Crippen LogP contribution is -2.47. The van der Waals surface area contributed by atoms with Crippen LogP contribution in [0, 0.1) is 13.8 Å². The van der Waals surface area contributed by atoms with Crippen molar-refractivity contribution in [3.05, 3.63) is 23.0 Å². The molecule has 1 N–H and O–H groups in total. The van der Waals surface area contributed by atoms with Crippen LogP contribution in [0.1, 0.15) is 67.8 Å². The zero-order chi connectivity index (χ0) is 18.8. The minimum Gasteiger partial charge on any atom is -0.349 e. The number of nitrogens with zero attached hydrogens (tertiary/aromatic N) is 2. The lowest BCUT2D eigenvalue weighted by molar-refractivity contribution is 0.0923. The van der Waals surface area contributed by atoms with Crippen LogP contribution in [0.25, 0.3) is 0 Å². The molecule has 0 atom stereocenters. The van der Waals surface area contributed by atoms with Gasteiger partial charge < -0.3 is 9.88 Å². The zero-order valence-corrected chi connectivity index (χ0v) is 16.8. The van der Waals surface area contributed by atoms with E-state index in [0.717, 1.165) is 11.4 Å². The van der Waals surface area contributed by atoms with E-state index < -0.39 is 10.0 Å². The highest BCUT2D eigenvalue weighted by molar-refractivity contribution is 7.89. The van der Waals surface area contributed by atoms with Gasteiger partial charge in [-0.05, 0) is 53.0 Å². The van der Waals surface area contributed by atoms with E-state index in [2.05, 4.69) is 23.7 Å². The smallest absolute Gasteiger partial charge is 0.253 e. The summed E-state index contributed by atoms with van der Waals surface area (Å²) < 4.78 is 28.0. The standard InChI is InChI=1S/C18H31N3O3S/c1-6-11-25(23,24)20-9-7-16(8-10-20)19-18(22)17-12-14(4)21(13(2)3)15(17)5/h12-13,16H,6-11H2,1-5H3,(H,19,22). The third-order valence-corrected chi connectivity index (χ3v) is 6.97. The maximum absolute atomic E-state index is 12.6. The fourth-order valence-corrected chi connectivity index (χ4v) is 5.27. The number of carbonyl (C=O) groups excluding carboxylic acids is 1. The molecule has 1 aliphatic heterocycles. The number of hydrogen-bond acceptors (Lipinski definition) is 3. The van der Waals surface area contributed by atoms with Crippen molar-refractivity contribution in [3.8, 4) is 0 Å². The van der Waals surface area contributed by atoms with Crippen molar-refractivity contribution in [1.29, 1.82) is 0 Å². The van der Waals surface area contributed by atoms with Crippen LogP contribution < -0.4 is 5.32 Å². The molecule has 0 bridgehead atoms. The first-order chi connectivity index (χ1) is 11.7. The van der Waals surface area contributed by atoms with E-state index in [0.29, 0.717) is 44.0 Å². The highest BCUT2D eigenvalue weighted by atomic mass is 32.2. The van der Waals surface area contributed by atoms with Gasteiger partial charge in [-0.2, -0.15) is 0 Å². The Hall–Kier alpha value is -1.34. The molecule has 0 saturated carbocycles. The first-order valence-corrected chi connectivity index (χ1v) is 10.8. The van der Waals surface area contributed by atoms with Gasteiger partial charge in [-0.15, -0.1) is 0 Å². The molecule has 1 fully saturated rings. The van der Waals surface area contributed by atoms with Gasteiger partial charge in [0.2, 0.25) is 10.0 Å². The molecule has 1 saturated heterocycles. The minimum atomic E-state index is -3.14. The van der Waals surface area contributed by atoms with Gasteiger partial charge >= 0.3 is 0 Å². The van der Waals surface area contributed by atoms with Crippen LogP contribution in [0.2, 0.25) is 0 Å². The molecule has 0 aliphatic carbocycles. The summed E-state index contributed by atoms with van der Waals surface area (Å²) in [6.45, 7) is 11.0. The molecule has 1 aromatic heterocycles. The summed E-state index contributed by atoms with van der Waals surface area (Å²) in [5.74, 6) is 0.139. The molecule has 6 nitrogen and oxygen atoms in total. The van der Waals surface area contributed by atoms with Gasteiger partial charge in [-0.3, -0.25) is 4.79 Å². The van der Waals surface area contributed by atoms with E-state index in [1.165, 1.54) is 0 Å². The fourth-order valence-electron chi connectivity index (χ4n) is 3.73. The highest BCUT2D eigenvalue weighted by Gasteiger charge is 2.28. The Labute approximate surface area is 151 Å². The molecule has 0 unspecified atom stereocenters. The Bertz CT molecular complexity index is 714. The number of rotatable bonds is 6. The number of sulfonamides is 1. The number of hydrogen-bond donors (Lipinski definition) is 1. The van der Waals surface area contributed by atoms with Gasteiger partial charge in [0.05, 0.1) is 11.3 Å². The Morgan fingerprint density at radius 3 is 2.36 bits per heavy atom. The Balaban J connectivity index is 1.99. The van der Waals surface area contributed by atoms with Crippen LogP contribution in [0.3, 0.4) is 0 Å². The molecule has 142 valence electrons. The summed E-state index contributed by atoms with van der Waals surface area (Å²) in [7, 11) is -3.14. The highest BCUT2D eigenvalue weighted by Crippen LogP contribution is 2.21. The van der Waals surface area contributed by atoms with E-state index in [4.69, 9.17) is 0 Å². The van der Waals surface area contributed by atoms with E-state index in [1.807, 2.05) is 26.8 Å². The minimum absolute atomic E-state index is 0.0303. The van der Waals surface area contributed by atoms with E-state index in [1.54, 1.807) is 4.31 Å². The van der Waals surface area contributed by atoms with Gasteiger partial charge in [0.25, 0.3) is 5.91 Å². The van der Waals surface area contributed by atoms with Crippen molar-refractivity contribution >= 4 is 15.9 Å². The summed E-state index contributed by atoms with van der Waals surface area (Å²) in [5, 5.41) is 3.09. The van der Waals surface area contributed by atoms with Gasteiger partial charge in [0.15, 0.2) is 0 Å². The Morgan fingerprint density at radius 2 is 1.88 bits per heavy atom. The lowest BCUT2D eigenvalue weighted by atomic mass is 10.1. The summed E-state index contributed by atoms with van der Waals surface area (Å²) >= 11 is 0. The van der Waals surface area contributed by atoms with Crippen molar-refractivity contribution in [2.75, 3.05) is 18.8 Å². The van der Waals surface area contributed by atoms with Crippen LogP contribution in [-0.2, 0) is 10.0 Å². The van der Waals surface area contributed by atoms with Crippen molar-refractivity contribution in [2.45, 2.75) is 66.0 Å². The van der Waals surface area contributed by atoms with Crippen LogP contribution in [0.4, 0.5) is 0 Å². The van der Waals surface area contributed by atoms with Crippen LogP contribution in [0.15, 0.2) is 6.07 Å². The third kappa shape index (κ3) is 4.44. The molecular weight excluding hydrogens is 338 g/mol. The van der Waals surface area contributed by atoms with E-state index in [9.17, 15) is 13.2 Å². The van der Waals surface area contributed by atoms with Crippen LogP contribution in [-0.4, -0.2) is 48.1 Å². The number of aryl methyl sites for hydroxylation is 1. The molecule has 2 rings (SSSR count). The second-order valence-electron chi connectivity index (χ2n) is 7.21. The largest absolute Gasteiger partial charge is 0.349 e. The molecule has 1 amide bonds. The lowest BCUT2D eigenvalue weighted by Gasteiger charge is -2.31. The molecule has 0 aromatic carbocycles. The molecule has 1 aromatic rings. The summed E-state index contributed by atoms with van der Waals surface area (Å²) in [6, 6.07) is 2.28. The van der Waals surface area contributed by atoms with Gasteiger partial charge in [0.1, 0.15) is 0 Å². The van der Waals surface area contributed by atoms with Crippen molar-refractivity contribution in [3.63, 3.8) is 0 Å². The zero-order valence-electron chi connectivity index (χ0n) is 16.0. The second kappa shape index (κ2) is 7.91. The number of aromatic nitrogens is 1. The SMILES string of the molecule is CCCS(=O)(=O)N1CCC(NC(=O)c2cc(C)n(C(C)C)c2C)CC1. The second-order valence-corrected chi connectivity index (χ2v) is 9.30. The molecule has 0 radical (unpaired) electrons. The maximum Gasteiger partial charge on any atom is 0.253 e. The first-order valence-electron chi connectivity index (χ1n) is 9.14. The summed E-state index contributed by atoms with van der Waals surface area (Å²) in [6.07, 6.45) is 1.96. The van der Waals surface area contributed by atoms with Crippen molar-refractivity contribution in [2.24, 2.45) is 0 Å². The Kier molecular flexibility index (Phi) is 6.32. The molecular formula is C18H31N3O3S. The topological polar surface area (TPSA) is 71.4 Å². The monoisotopic (exact) mass is 369 g/mol. The quantitative estimate of drug-likeness (QED) is 0.838. The number of nitrogens with one attached hydrogen (secondary N) is 1. The van der Waals surface area contributed by atoms with Gasteiger partial charge in [-0.25, -0.2) is 12.7 Å². The Morgan fingerprint density at radius 1 is 1.28 bits per heavy atom. The van der Waals surface area contributed by atoms with Gasteiger partial charge in [0, 0.05) is 36.6 Å². The maximum atomic E-state index is 12.6. The molecule has 2 heterocycles. The fraction of sp³-hybridized carbons (Fsp3) is 0.722. The molecule has 0 spiro atoms. The predicted octanol–water partition coefficient (Wildman–Crippen LogP) is 2.62. The number of piperidine rings is 1. The van der Waals surface area contributed by atoms with Gasteiger partial charge in [-0.1, -0.05) is 6.92 Å². The van der Waals surface area contributed by atoms with Crippen LogP contribution in [0.5, 0.6) is 0 Å². The first kappa shape index (κ1) is 20.0. The van der Waals surface area contributed by atoms with Crippen LogP contribution >= 0.6 is 0 Å². The van der Waals surface area contributed by atoms with E-state index >= 15 is 0 Å². The van der Waals surface area contributed by atoms with E-state index in [-0.39, 0.29) is 17.7 Å². The number of amides is 1. The molecule has 25 heavy (non-hydrogen) atoms. The summed E-state index contributed by atoms with van der Waals surface area (Å²) in [5.41, 5.74) is 2.78. The third-order valence-electron chi connectivity index (χ3n) is 4.89. The normalized spacial score (nSPS) is 17.2. The average molecular weight is 370 g/mol. The van der Waals surface area contributed by atoms with Crippen molar-refractivity contribution < 1.29 is 13.2 Å². The van der Waals surface area contributed by atoms with Crippen molar-refractivity contribution in [1.82, 2.24) is 14.2 Å². The molecule has 1 aliphatic rings. The molecule has 7 heteroatoms. The summed E-state index contributed by atoms with van der Waals surface area (Å²) in [4.78, 5) is 12.6. The predicted molar refractivity (Wildman–Crippen MR) is 100 cm³/mol. The number of carbonyl (C=O) groups is 1.